The van der Waals surface area contributed by atoms with Gasteiger partial charge in [-0.3, -0.25) is 4.79 Å². The summed E-state index contributed by atoms with van der Waals surface area (Å²) in [6.07, 6.45) is 4.47. The summed E-state index contributed by atoms with van der Waals surface area (Å²) in [5.41, 5.74) is 0.680. The molecule has 82 valence electrons. The van der Waals surface area contributed by atoms with E-state index in [1.165, 1.54) is 12.8 Å². The van der Waals surface area contributed by atoms with E-state index in [1.807, 2.05) is 24.3 Å². The molecule has 1 aromatic carbocycles. The molecule has 16 heavy (non-hydrogen) atoms. The SMILES string of the molecule is O=c1c2ccccc2nnn1C1CCCC1. The van der Waals surface area contributed by atoms with Gasteiger partial charge in [0, 0.05) is 0 Å². The Morgan fingerprint density at radius 3 is 2.75 bits per heavy atom. The molecule has 1 aliphatic carbocycles. The molecule has 1 saturated carbocycles. The molecule has 1 aliphatic rings. The van der Waals surface area contributed by atoms with Gasteiger partial charge in [0.25, 0.3) is 5.56 Å². The Labute approximate surface area is 92.9 Å². The first kappa shape index (κ1) is 9.51. The van der Waals surface area contributed by atoms with Crippen LogP contribution in [0.1, 0.15) is 31.7 Å². The highest BCUT2D eigenvalue weighted by atomic mass is 16.1. The van der Waals surface area contributed by atoms with Crippen LogP contribution in [0.25, 0.3) is 10.9 Å². The van der Waals surface area contributed by atoms with Crippen molar-refractivity contribution in [3.8, 4) is 0 Å². The van der Waals surface area contributed by atoms with Gasteiger partial charge in [-0.25, -0.2) is 4.68 Å². The topological polar surface area (TPSA) is 47.8 Å². The van der Waals surface area contributed by atoms with E-state index in [0.717, 1.165) is 12.8 Å². The molecule has 4 nitrogen and oxygen atoms in total. The average molecular weight is 215 g/mol. The standard InChI is InChI=1S/C12H13N3O/c16-12-10-7-3-4-8-11(10)13-14-15(12)9-5-1-2-6-9/h3-4,7-9H,1-2,5-6H2. The van der Waals surface area contributed by atoms with E-state index in [4.69, 9.17) is 0 Å². The lowest BCUT2D eigenvalue weighted by atomic mass is 10.2. The van der Waals surface area contributed by atoms with Crippen molar-refractivity contribution >= 4 is 10.9 Å². The van der Waals surface area contributed by atoms with Gasteiger partial charge in [-0.15, -0.1) is 5.10 Å². The van der Waals surface area contributed by atoms with Crippen molar-refractivity contribution in [2.24, 2.45) is 0 Å². The van der Waals surface area contributed by atoms with Crippen LogP contribution in [-0.4, -0.2) is 15.0 Å². The second-order valence-corrected chi connectivity index (χ2v) is 4.29. The van der Waals surface area contributed by atoms with E-state index < -0.39 is 0 Å². The molecule has 0 unspecified atom stereocenters. The van der Waals surface area contributed by atoms with Crippen LogP contribution in [0.5, 0.6) is 0 Å². The lowest BCUT2D eigenvalue weighted by Gasteiger charge is -2.10. The van der Waals surface area contributed by atoms with Crippen LogP contribution in [0.15, 0.2) is 29.1 Å². The maximum Gasteiger partial charge on any atom is 0.277 e. The summed E-state index contributed by atoms with van der Waals surface area (Å²) >= 11 is 0. The van der Waals surface area contributed by atoms with Crippen molar-refractivity contribution < 1.29 is 0 Å². The molecule has 0 aliphatic heterocycles. The fourth-order valence-corrected chi connectivity index (χ4v) is 2.39. The van der Waals surface area contributed by atoms with Gasteiger partial charge < -0.3 is 0 Å². The Bertz CT molecular complexity index is 570. The lowest BCUT2D eigenvalue weighted by Crippen LogP contribution is -2.27. The average Bonchev–Trinajstić information content (AvgIpc) is 2.83. The highest BCUT2D eigenvalue weighted by molar-refractivity contribution is 5.76. The molecule has 1 fully saturated rings. The molecule has 0 saturated heterocycles. The van der Waals surface area contributed by atoms with Crippen molar-refractivity contribution in [3.63, 3.8) is 0 Å². The highest BCUT2D eigenvalue weighted by Crippen LogP contribution is 2.27. The monoisotopic (exact) mass is 215 g/mol. The predicted molar refractivity (Wildman–Crippen MR) is 61.3 cm³/mol. The van der Waals surface area contributed by atoms with Crippen LogP contribution in [0, 0.1) is 0 Å². The minimum atomic E-state index is -0.00231. The summed E-state index contributed by atoms with van der Waals surface area (Å²) in [6.45, 7) is 0. The zero-order chi connectivity index (χ0) is 11.0. The van der Waals surface area contributed by atoms with Gasteiger partial charge in [-0.05, 0) is 25.0 Å². The third-order valence-corrected chi connectivity index (χ3v) is 3.26. The summed E-state index contributed by atoms with van der Waals surface area (Å²) in [7, 11) is 0. The maximum atomic E-state index is 12.2. The molecule has 4 heteroatoms. The molecule has 0 spiro atoms. The van der Waals surface area contributed by atoms with Crippen molar-refractivity contribution in [2.45, 2.75) is 31.7 Å². The quantitative estimate of drug-likeness (QED) is 0.730. The van der Waals surface area contributed by atoms with Gasteiger partial charge in [0.2, 0.25) is 0 Å². The van der Waals surface area contributed by atoms with Crippen molar-refractivity contribution in [2.75, 3.05) is 0 Å². The molecule has 3 rings (SSSR count). The predicted octanol–water partition coefficient (Wildman–Crippen LogP) is 1.91. The Morgan fingerprint density at radius 1 is 1.19 bits per heavy atom. The van der Waals surface area contributed by atoms with E-state index >= 15 is 0 Å². The normalized spacial score (nSPS) is 17.0. The van der Waals surface area contributed by atoms with E-state index in [0.29, 0.717) is 10.9 Å². The fraction of sp³-hybridized carbons (Fsp3) is 0.417. The molecule has 0 N–H and O–H groups in total. The van der Waals surface area contributed by atoms with Gasteiger partial charge in [0.05, 0.1) is 11.4 Å². The highest BCUT2D eigenvalue weighted by Gasteiger charge is 2.20. The van der Waals surface area contributed by atoms with E-state index in [-0.39, 0.29) is 11.6 Å². The Hall–Kier alpha value is -1.71. The molecule has 0 atom stereocenters. The first-order valence-corrected chi connectivity index (χ1v) is 5.70. The summed E-state index contributed by atoms with van der Waals surface area (Å²) in [5, 5.41) is 8.81. The van der Waals surface area contributed by atoms with Crippen molar-refractivity contribution in [1.82, 2.24) is 15.0 Å². The lowest BCUT2D eigenvalue weighted by molar-refractivity contribution is 0.428. The fourth-order valence-electron chi connectivity index (χ4n) is 2.39. The number of fused-ring (bicyclic) bond motifs is 1. The molecule has 0 amide bonds. The van der Waals surface area contributed by atoms with Crippen LogP contribution >= 0.6 is 0 Å². The Balaban J connectivity index is 2.19. The van der Waals surface area contributed by atoms with Crippen LogP contribution in [0.3, 0.4) is 0 Å². The number of hydrogen-bond donors (Lipinski definition) is 0. The molecule has 2 aromatic rings. The van der Waals surface area contributed by atoms with Crippen LogP contribution in [0.4, 0.5) is 0 Å². The van der Waals surface area contributed by atoms with Crippen molar-refractivity contribution in [1.29, 1.82) is 0 Å². The summed E-state index contributed by atoms with van der Waals surface area (Å²) in [5.74, 6) is 0. The van der Waals surface area contributed by atoms with Crippen LogP contribution in [-0.2, 0) is 0 Å². The molecule has 0 bridgehead atoms. The second-order valence-electron chi connectivity index (χ2n) is 4.29. The minimum absolute atomic E-state index is 0.00231. The van der Waals surface area contributed by atoms with Gasteiger partial charge in [0.1, 0.15) is 5.52 Å². The molecular weight excluding hydrogens is 202 g/mol. The maximum absolute atomic E-state index is 12.2. The van der Waals surface area contributed by atoms with E-state index in [9.17, 15) is 4.79 Å². The summed E-state index contributed by atoms with van der Waals surface area (Å²) < 4.78 is 1.56. The molecular formula is C12H13N3O. The van der Waals surface area contributed by atoms with E-state index in [1.54, 1.807) is 4.68 Å². The summed E-state index contributed by atoms with van der Waals surface area (Å²) in [6, 6.07) is 7.63. The number of rotatable bonds is 1. The van der Waals surface area contributed by atoms with Gasteiger partial charge in [-0.2, -0.15) is 0 Å². The van der Waals surface area contributed by atoms with Gasteiger partial charge in [-0.1, -0.05) is 30.2 Å². The zero-order valence-corrected chi connectivity index (χ0v) is 8.97. The second kappa shape index (κ2) is 3.70. The number of aromatic nitrogens is 3. The van der Waals surface area contributed by atoms with Crippen LogP contribution < -0.4 is 5.56 Å². The third-order valence-electron chi connectivity index (χ3n) is 3.26. The number of hydrogen-bond acceptors (Lipinski definition) is 3. The summed E-state index contributed by atoms with van der Waals surface area (Å²) in [4.78, 5) is 12.2. The van der Waals surface area contributed by atoms with E-state index in [2.05, 4.69) is 10.3 Å². The first-order chi connectivity index (χ1) is 7.86. The largest absolute Gasteiger partial charge is 0.277 e. The number of benzene rings is 1. The number of nitrogens with zero attached hydrogens (tertiary/aromatic N) is 3. The smallest absolute Gasteiger partial charge is 0.267 e. The molecule has 1 heterocycles. The Morgan fingerprint density at radius 2 is 1.94 bits per heavy atom. The van der Waals surface area contributed by atoms with Gasteiger partial charge >= 0.3 is 0 Å². The molecule has 1 aromatic heterocycles. The zero-order valence-electron chi connectivity index (χ0n) is 8.97. The van der Waals surface area contributed by atoms with Crippen molar-refractivity contribution in [3.05, 3.63) is 34.6 Å². The van der Waals surface area contributed by atoms with Crippen LogP contribution in [0.2, 0.25) is 0 Å². The first-order valence-electron chi connectivity index (χ1n) is 5.70. The Kier molecular flexibility index (Phi) is 2.20. The third kappa shape index (κ3) is 1.41. The van der Waals surface area contributed by atoms with Gasteiger partial charge in [0.15, 0.2) is 0 Å². The molecule has 0 radical (unpaired) electrons. The minimum Gasteiger partial charge on any atom is -0.267 e.